The number of ether oxygens (including phenoxy) is 3. The molecule has 1 aliphatic heterocycles. The molecule has 0 aromatic heterocycles. The summed E-state index contributed by atoms with van der Waals surface area (Å²) in [4.78, 5) is 12.8. The zero-order valence-electron chi connectivity index (χ0n) is 15.9. The van der Waals surface area contributed by atoms with Crippen LogP contribution in [-0.4, -0.2) is 29.7 Å². The quantitative estimate of drug-likeness (QED) is 0.675. The second kappa shape index (κ2) is 9.40. The highest BCUT2D eigenvalue weighted by atomic mass is 32.2. The Kier molecular flexibility index (Phi) is 6.94. The molecule has 0 radical (unpaired) electrons. The Morgan fingerprint density at radius 1 is 1.00 bits per heavy atom. The minimum Gasteiger partial charge on any atom is -0.456 e. The van der Waals surface area contributed by atoms with Crippen molar-refractivity contribution in [2.24, 2.45) is 5.92 Å². The van der Waals surface area contributed by atoms with Gasteiger partial charge in [0.2, 0.25) is 0 Å². The van der Waals surface area contributed by atoms with E-state index in [1.165, 1.54) is 6.92 Å². The standard InChI is InChI=1S/C22H26O4S/c1-15-16(2)25-22(27-19-12-8-5-9-13-19)21(26-17(3)23)20(15)24-14-18-10-6-4-7-11-18/h4-13,15-16,20-22H,14H2,1-3H3. The average Bonchev–Trinajstić information content (AvgIpc) is 2.67. The van der Waals surface area contributed by atoms with E-state index in [-0.39, 0.29) is 29.5 Å². The van der Waals surface area contributed by atoms with Gasteiger partial charge in [0, 0.05) is 17.7 Å². The summed E-state index contributed by atoms with van der Waals surface area (Å²) in [6.45, 7) is 6.04. The summed E-state index contributed by atoms with van der Waals surface area (Å²) in [5.41, 5.74) is 0.779. The Balaban J connectivity index is 1.79. The fourth-order valence-corrected chi connectivity index (χ4v) is 4.35. The van der Waals surface area contributed by atoms with Crippen LogP contribution in [0.5, 0.6) is 0 Å². The third-order valence-electron chi connectivity index (χ3n) is 4.78. The topological polar surface area (TPSA) is 44.8 Å². The fraction of sp³-hybridized carbons (Fsp3) is 0.409. The zero-order valence-corrected chi connectivity index (χ0v) is 16.7. The average molecular weight is 387 g/mol. The van der Waals surface area contributed by atoms with Gasteiger partial charge in [-0.25, -0.2) is 0 Å². The van der Waals surface area contributed by atoms with Gasteiger partial charge in [0.15, 0.2) is 6.10 Å². The number of esters is 1. The lowest BCUT2D eigenvalue weighted by atomic mass is 9.92. The first kappa shape index (κ1) is 19.9. The molecule has 0 saturated carbocycles. The van der Waals surface area contributed by atoms with Crippen LogP contribution >= 0.6 is 11.8 Å². The van der Waals surface area contributed by atoms with Gasteiger partial charge in [-0.15, -0.1) is 0 Å². The molecule has 2 aromatic rings. The van der Waals surface area contributed by atoms with Crippen LogP contribution in [0.3, 0.4) is 0 Å². The summed E-state index contributed by atoms with van der Waals surface area (Å²) >= 11 is 1.57. The van der Waals surface area contributed by atoms with E-state index in [0.717, 1.165) is 10.5 Å². The molecular weight excluding hydrogens is 360 g/mol. The van der Waals surface area contributed by atoms with E-state index in [1.54, 1.807) is 11.8 Å². The molecule has 1 heterocycles. The third-order valence-corrected chi connectivity index (χ3v) is 5.94. The predicted octanol–water partition coefficient (Wildman–Crippen LogP) is 4.68. The molecule has 0 spiro atoms. The maximum absolute atomic E-state index is 11.8. The SMILES string of the molecule is CC(=O)OC1C(Sc2ccccc2)OC(C)C(C)C1OCc1ccccc1. The molecule has 4 nitrogen and oxygen atoms in total. The molecule has 2 aromatic carbocycles. The van der Waals surface area contributed by atoms with Crippen molar-refractivity contribution in [2.75, 3.05) is 0 Å². The number of carbonyl (C=O) groups excluding carboxylic acids is 1. The maximum atomic E-state index is 11.8. The molecular formula is C22H26O4S. The second-order valence-electron chi connectivity index (χ2n) is 6.83. The van der Waals surface area contributed by atoms with Crippen molar-refractivity contribution in [3.63, 3.8) is 0 Å². The van der Waals surface area contributed by atoms with E-state index >= 15 is 0 Å². The van der Waals surface area contributed by atoms with Crippen LogP contribution in [0.4, 0.5) is 0 Å². The molecule has 1 fully saturated rings. The molecule has 144 valence electrons. The van der Waals surface area contributed by atoms with Crippen LogP contribution in [0.25, 0.3) is 0 Å². The highest BCUT2D eigenvalue weighted by molar-refractivity contribution is 7.99. The lowest BCUT2D eigenvalue weighted by Crippen LogP contribution is -2.54. The van der Waals surface area contributed by atoms with Gasteiger partial charge in [0.1, 0.15) is 11.5 Å². The molecule has 0 aliphatic carbocycles. The monoisotopic (exact) mass is 386 g/mol. The van der Waals surface area contributed by atoms with Gasteiger partial charge in [-0.05, 0) is 24.6 Å². The number of benzene rings is 2. The number of thioether (sulfide) groups is 1. The van der Waals surface area contributed by atoms with Crippen molar-refractivity contribution in [2.45, 2.75) is 56.0 Å². The summed E-state index contributed by atoms with van der Waals surface area (Å²) < 4.78 is 18.2. The van der Waals surface area contributed by atoms with Crippen molar-refractivity contribution < 1.29 is 19.0 Å². The molecule has 0 N–H and O–H groups in total. The molecule has 0 amide bonds. The Labute approximate surface area is 165 Å². The van der Waals surface area contributed by atoms with Crippen molar-refractivity contribution >= 4 is 17.7 Å². The third kappa shape index (κ3) is 5.34. The first-order chi connectivity index (χ1) is 13.0. The Morgan fingerprint density at radius 2 is 1.63 bits per heavy atom. The van der Waals surface area contributed by atoms with Gasteiger partial charge >= 0.3 is 5.97 Å². The summed E-state index contributed by atoms with van der Waals surface area (Å²) in [7, 11) is 0. The van der Waals surface area contributed by atoms with Gasteiger partial charge in [0.05, 0.1) is 12.7 Å². The number of rotatable bonds is 6. The predicted molar refractivity (Wildman–Crippen MR) is 106 cm³/mol. The van der Waals surface area contributed by atoms with Crippen LogP contribution in [0.15, 0.2) is 65.6 Å². The summed E-state index contributed by atoms with van der Waals surface area (Å²) in [6.07, 6.45) is -0.708. The molecule has 5 heteroatoms. The van der Waals surface area contributed by atoms with Crippen molar-refractivity contribution in [1.29, 1.82) is 0 Å². The minimum atomic E-state index is -0.470. The molecule has 3 rings (SSSR count). The normalized spacial score (nSPS) is 27.9. The summed E-state index contributed by atoms with van der Waals surface area (Å²) in [5.74, 6) is -0.219. The van der Waals surface area contributed by atoms with Crippen LogP contribution in [-0.2, 0) is 25.6 Å². The summed E-state index contributed by atoms with van der Waals surface area (Å²) in [6, 6.07) is 20.0. The van der Waals surface area contributed by atoms with Crippen LogP contribution in [0, 0.1) is 5.92 Å². The lowest BCUT2D eigenvalue weighted by molar-refractivity contribution is -0.204. The molecule has 5 unspecified atom stereocenters. The van der Waals surface area contributed by atoms with Gasteiger partial charge in [-0.2, -0.15) is 0 Å². The molecule has 5 atom stereocenters. The Bertz CT molecular complexity index is 722. The first-order valence-electron chi connectivity index (χ1n) is 9.24. The maximum Gasteiger partial charge on any atom is 0.303 e. The van der Waals surface area contributed by atoms with Crippen LogP contribution in [0.1, 0.15) is 26.3 Å². The molecule has 0 bridgehead atoms. The minimum absolute atomic E-state index is 0.00112. The Hall–Kier alpha value is -1.82. The molecule has 27 heavy (non-hydrogen) atoms. The number of carbonyl (C=O) groups is 1. The highest BCUT2D eigenvalue weighted by Crippen LogP contribution is 2.38. The van der Waals surface area contributed by atoms with E-state index in [2.05, 4.69) is 6.92 Å². The number of hydrogen-bond donors (Lipinski definition) is 0. The van der Waals surface area contributed by atoms with Crippen molar-refractivity contribution in [3.8, 4) is 0 Å². The largest absolute Gasteiger partial charge is 0.456 e. The van der Waals surface area contributed by atoms with E-state index in [0.29, 0.717) is 6.61 Å². The second-order valence-corrected chi connectivity index (χ2v) is 8.01. The fourth-order valence-electron chi connectivity index (χ4n) is 3.19. The van der Waals surface area contributed by atoms with Crippen molar-refractivity contribution in [1.82, 2.24) is 0 Å². The van der Waals surface area contributed by atoms with E-state index in [1.807, 2.05) is 67.6 Å². The zero-order chi connectivity index (χ0) is 19.2. The lowest BCUT2D eigenvalue weighted by Gasteiger charge is -2.43. The highest BCUT2D eigenvalue weighted by Gasteiger charge is 2.45. The smallest absolute Gasteiger partial charge is 0.303 e. The van der Waals surface area contributed by atoms with E-state index in [9.17, 15) is 4.79 Å². The Morgan fingerprint density at radius 3 is 2.26 bits per heavy atom. The van der Waals surface area contributed by atoms with Crippen LogP contribution in [0.2, 0.25) is 0 Å². The molecule has 1 aliphatic rings. The number of hydrogen-bond acceptors (Lipinski definition) is 5. The van der Waals surface area contributed by atoms with Gasteiger partial charge in [0.25, 0.3) is 0 Å². The van der Waals surface area contributed by atoms with Crippen LogP contribution < -0.4 is 0 Å². The van der Waals surface area contributed by atoms with Gasteiger partial charge in [-0.3, -0.25) is 4.79 Å². The van der Waals surface area contributed by atoms with Gasteiger partial charge in [-0.1, -0.05) is 67.2 Å². The van der Waals surface area contributed by atoms with E-state index in [4.69, 9.17) is 14.2 Å². The molecule has 1 saturated heterocycles. The van der Waals surface area contributed by atoms with Gasteiger partial charge < -0.3 is 14.2 Å². The summed E-state index contributed by atoms with van der Waals surface area (Å²) in [5, 5.41) is 0. The first-order valence-corrected chi connectivity index (χ1v) is 10.1. The van der Waals surface area contributed by atoms with Crippen molar-refractivity contribution in [3.05, 3.63) is 66.2 Å². The van der Waals surface area contributed by atoms with E-state index < -0.39 is 6.10 Å².